The van der Waals surface area contributed by atoms with Gasteiger partial charge in [-0.05, 0) is 43.4 Å². The molecule has 20 heavy (non-hydrogen) atoms. The molecule has 1 fully saturated rings. The smallest absolute Gasteiger partial charge is 0.227 e. The Kier molecular flexibility index (Phi) is 6.50. The van der Waals surface area contributed by atoms with Gasteiger partial charge in [0.15, 0.2) is 0 Å². The van der Waals surface area contributed by atoms with Gasteiger partial charge in [-0.2, -0.15) is 0 Å². The molecule has 1 aliphatic heterocycles. The van der Waals surface area contributed by atoms with Crippen LogP contribution in [0.4, 0.5) is 0 Å². The molecule has 2 atom stereocenters. The van der Waals surface area contributed by atoms with Crippen LogP contribution in [0.3, 0.4) is 0 Å². The van der Waals surface area contributed by atoms with Crippen LogP contribution >= 0.6 is 12.4 Å². The van der Waals surface area contributed by atoms with Gasteiger partial charge in [-0.15, -0.1) is 12.4 Å². The zero-order valence-corrected chi connectivity index (χ0v) is 13.2. The van der Waals surface area contributed by atoms with Crippen LogP contribution in [0.2, 0.25) is 0 Å². The zero-order valence-electron chi connectivity index (χ0n) is 12.3. The van der Waals surface area contributed by atoms with E-state index in [0.717, 1.165) is 24.9 Å². The van der Waals surface area contributed by atoms with Crippen LogP contribution in [0, 0.1) is 5.92 Å². The summed E-state index contributed by atoms with van der Waals surface area (Å²) in [5.41, 5.74) is 8.12. The number of likely N-dealkylation sites (tertiary alicyclic amines) is 1. The molecule has 0 spiro atoms. The number of rotatable bonds is 4. The van der Waals surface area contributed by atoms with Gasteiger partial charge in [0.05, 0.1) is 6.42 Å². The van der Waals surface area contributed by atoms with Gasteiger partial charge in [0.25, 0.3) is 0 Å². The van der Waals surface area contributed by atoms with Crippen molar-refractivity contribution >= 4 is 18.3 Å². The normalized spacial score (nSPS) is 21.6. The molecule has 2 unspecified atom stereocenters. The minimum absolute atomic E-state index is 0. The lowest BCUT2D eigenvalue weighted by molar-refractivity contribution is -0.131. The minimum Gasteiger partial charge on any atom is -0.339 e. The maximum absolute atomic E-state index is 12.3. The van der Waals surface area contributed by atoms with Crippen molar-refractivity contribution in [3.63, 3.8) is 0 Å². The van der Waals surface area contributed by atoms with E-state index in [1.165, 1.54) is 5.56 Å². The van der Waals surface area contributed by atoms with E-state index in [-0.39, 0.29) is 18.3 Å². The third kappa shape index (κ3) is 3.97. The monoisotopic (exact) mass is 296 g/mol. The molecule has 0 saturated carbocycles. The number of hydrogen-bond donors (Lipinski definition) is 1. The number of hydrogen-bond acceptors (Lipinski definition) is 2. The molecule has 1 heterocycles. The predicted octanol–water partition coefficient (Wildman–Crippen LogP) is 2.41. The highest BCUT2D eigenvalue weighted by molar-refractivity contribution is 5.85. The van der Waals surface area contributed by atoms with Crippen LogP contribution in [0.1, 0.15) is 31.4 Å². The second-order valence-corrected chi connectivity index (χ2v) is 5.58. The fourth-order valence-corrected chi connectivity index (χ4v) is 2.83. The molecule has 0 aliphatic carbocycles. The molecular weight excluding hydrogens is 272 g/mol. The summed E-state index contributed by atoms with van der Waals surface area (Å²) >= 11 is 0. The van der Waals surface area contributed by atoms with Crippen LogP contribution in [-0.4, -0.2) is 29.9 Å². The fourth-order valence-electron chi connectivity index (χ4n) is 2.83. The number of carbonyl (C=O) groups is 1. The van der Waals surface area contributed by atoms with E-state index in [1.54, 1.807) is 0 Å². The second-order valence-electron chi connectivity index (χ2n) is 5.58. The summed E-state index contributed by atoms with van der Waals surface area (Å²) in [6.45, 7) is 5.76. The van der Waals surface area contributed by atoms with E-state index < -0.39 is 0 Å². The topological polar surface area (TPSA) is 46.3 Å². The molecule has 0 radical (unpaired) electrons. The number of benzene rings is 1. The van der Waals surface area contributed by atoms with Crippen LogP contribution < -0.4 is 5.73 Å². The van der Waals surface area contributed by atoms with Crippen molar-refractivity contribution < 1.29 is 4.79 Å². The number of aryl methyl sites for hydroxylation is 1. The summed E-state index contributed by atoms with van der Waals surface area (Å²) in [7, 11) is 0. The van der Waals surface area contributed by atoms with Gasteiger partial charge < -0.3 is 10.6 Å². The Balaban J connectivity index is 0.00000200. The molecule has 1 saturated heterocycles. The van der Waals surface area contributed by atoms with Gasteiger partial charge in [0.1, 0.15) is 0 Å². The molecule has 0 aromatic heterocycles. The van der Waals surface area contributed by atoms with E-state index >= 15 is 0 Å². The first-order valence-electron chi connectivity index (χ1n) is 7.21. The van der Waals surface area contributed by atoms with Crippen molar-refractivity contribution in [2.75, 3.05) is 13.1 Å². The van der Waals surface area contributed by atoms with Gasteiger partial charge >= 0.3 is 0 Å². The molecule has 1 aromatic carbocycles. The van der Waals surface area contributed by atoms with Crippen molar-refractivity contribution in [2.24, 2.45) is 11.7 Å². The Hall–Kier alpha value is -1.06. The summed E-state index contributed by atoms with van der Waals surface area (Å²) in [5, 5.41) is 0. The molecule has 1 aliphatic rings. The second kappa shape index (κ2) is 7.65. The fraction of sp³-hybridized carbons (Fsp3) is 0.562. The lowest BCUT2D eigenvalue weighted by atomic mass is 10.1. The summed E-state index contributed by atoms with van der Waals surface area (Å²) < 4.78 is 0. The summed E-state index contributed by atoms with van der Waals surface area (Å²) in [5.74, 6) is 0.703. The Morgan fingerprint density at radius 2 is 1.90 bits per heavy atom. The van der Waals surface area contributed by atoms with Crippen LogP contribution in [0.25, 0.3) is 0 Å². The Morgan fingerprint density at radius 1 is 1.30 bits per heavy atom. The standard InChI is InChI=1S/C16H24N2O.ClH/c1-3-13-4-6-14(7-5-13)9-16(19)18-11-15(10-17)8-12(18)2;/h4-7,12,15H,3,8-11,17H2,1-2H3;1H. The number of amides is 1. The minimum atomic E-state index is 0. The lowest BCUT2D eigenvalue weighted by Gasteiger charge is -2.21. The third-order valence-corrected chi connectivity index (χ3v) is 4.10. The first-order chi connectivity index (χ1) is 9.13. The Labute approximate surface area is 127 Å². The van der Waals surface area contributed by atoms with Gasteiger partial charge in [0.2, 0.25) is 5.91 Å². The molecule has 3 nitrogen and oxygen atoms in total. The highest BCUT2D eigenvalue weighted by Crippen LogP contribution is 2.23. The molecule has 2 N–H and O–H groups in total. The SMILES string of the molecule is CCc1ccc(CC(=O)N2CC(CN)CC2C)cc1.Cl. The third-order valence-electron chi connectivity index (χ3n) is 4.10. The number of nitrogens with zero attached hydrogens (tertiary/aromatic N) is 1. The first kappa shape index (κ1) is 17.0. The lowest BCUT2D eigenvalue weighted by Crippen LogP contribution is -2.35. The highest BCUT2D eigenvalue weighted by Gasteiger charge is 2.31. The van der Waals surface area contributed by atoms with Crippen LogP contribution in [0.15, 0.2) is 24.3 Å². The quantitative estimate of drug-likeness (QED) is 0.927. The van der Waals surface area contributed by atoms with E-state index in [0.29, 0.717) is 24.9 Å². The molecule has 112 valence electrons. The largest absolute Gasteiger partial charge is 0.339 e. The maximum atomic E-state index is 12.3. The number of carbonyl (C=O) groups excluding carboxylic acids is 1. The molecular formula is C16H25ClN2O. The summed E-state index contributed by atoms with van der Waals surface area (Å²) in [6, 6.07) is 8.68. The molecule has 4 heteroatoms. The average molecular weight is 297 g/mol. The Morgan fingerprint density at radius 3 is 2.40 bits per heavy atom. The van der Waals surface area contributed by atoms with E-state index in [9.17, 15) is 4.79 Å². The molecule has 1 aromatic rings. The van der Waals surface area contributed by atoms with Crippen molar-refractivity contribution in [1.82, 2.24) is 4.90 Å². The van der Waals surface area contributed by atoms with Gasteiger partial charge in [-0.3, -0.25) is 4.79 Å². The summed E-state index contributed by atoms with van der Waals surface area (Å²) in [4.78, 5) is 14.3. The highest BCUT2D eigenvalue weighted by atomic mass is 35.5. The summed E-state index contributed by atoms with van der Waals surface area (Å²) in [6.07, 6.45) is 2.58. The van der Waals surface area contributed by atoms with Crippen LogP contribution in [0.5, 0.6) is 0 Å². The average Bonchev–Trinajstić information content (AvgIpc) is 2.81. The van der Waals surface area contributed by atoms with Gasteiger partial charge in [0, 0.05) is 12.6 Å². The van der Waals surface area contributed by atoms with Crippen molar-refractivity contribution in [3.8, 4) is 0 Å². The number of halogens is 1. The molecule has 1 amide bonds. The van der Waals surface area contributed by atoms with Gasteiger partial charge in [-0.1, -0.05) is 31.2 Å². The maximum Gasteiger partial charge on any atom is 0.227 e. The first-order valence-corrected chi connectivity index (χ1v) is 7.21. The Bertz CT molecular complexity index is 433. The van der Waals surface area contributed by atoms with Crippen LogP contribution in [-0.2, 0) is 17.6 Å². The van der Waals surface area contributed by atoms with Gasteiger partial charge in [-0.25, -0.2) is 0 Å². The van der Waals surface area contributed by atoms with E-state index in [1.807, 2.05) is 4.90 Å². The van der Waals surface area contributed by atoms with E-state index in [2.05, 4.69) is 38.1 Å². The number of nitrogens with two attached hydrogens (primary N) is 1. The molecule has 0 bridgehead atoms. The predicted molar refractivity (Wildman–Crippen MR) is 85.1 cm³/mol. The van der Waals surface area contributed by atoms with Crippen molar-refractivity contribution in [3.05, 3.63) is 35.4 Å². The van der Waals surface area contributed by atoms with Crippen molar-refractivity contribution in [1.29, 1.82) is 0 Å². The zero-order chi connectivity index (χ0) is 13.8. The van der Waals surface area contributed by atoms with Crippen molar-refractivity contribution in [2.45, 2.75) is 39.2 Å². The molecule has 2 rings (SSSR count). The van der Waals surface area contributed by atoms with E-state index in [4.69, 9.17) is 5.73 Å².